The summed E-state index contributed by atoms with van der Waals surface area (Å²) < 4.78 is 25.6. The summed E-state index contributed by atoms with van der Waals surface area (Å²) >= 11 is 0. The molecule has 3 aromatic rings. The van der Waals surface area contributed by atoms with Crippen molar-refractivity contribution in [3.05, 3.63) is 83.4 Å². The number of nitrogens with zero attached hydrogens (tertiary/aromatic N) is 1. The van der Waals surface area contributed by atoms with E-state index in [9.17, 15) is 13.2 Å². The number of benzene rings is 3. The van der Waals surface area contributed by atoms with Crippen molar-refractivity contribution in [1.82, 2.24) is 0 Å². The molecule has 1 amide bonds. The maximum absolute atomic E-state index is 12.6. The summed E-state index contributed by atoms with van der Waals surface area (Å²) in [6, 6.07) is 21.1. The third-order valence-corrected chi connectivity index (χ3v) is 6.23. The van der Waals surface area contributed by atoms with E-state index in [4.69, 9.17) is 0 Å². The summed E-state index contributed by atoms with van der Waals surface area (Å²) in [6.07, 6.45) is 1.93. The van der Waals surface area contributed by atoms with Crippen LogP contribution in [0.4, 0.5) is 11.4 Å². The molecule has 29 heavy (non-hydrogen) atoms. The van der Waals surface area contributed by atoms with Gasteiger partial charge >= 0.3 is 0 Å². The molecule has 0 spiro atoms. The van der Waals surface area contributed by atoms with Crippen LogP contribution in [0.2, 0.25) is 0 Å². The Morgan fingerprint density at radius 3 is 2.38 bits per heavy atom. The second-order valence-electron chi connectivity index (χ2n) is 7.36. The fourth-order valence-electron chi connectivity index (χ4n) is 3.66. The molecule has 6 heteroatoms. The lowest BCUT2D eigenvalue weighted by Gasteiger charge is -2.22. The largest absolute Gasteiger partial charge is 0.325 e. The molecular formula is C23H22N2O3S. The van der Waals surface area contributed by atoms with Crippen LogP contribution in [0.15, 0.2) is 66.7 Å². The highest BCUT2D eigenvalue weighted by atomic mass is 32.2. The molecule has 1 aliphatic carbocycles. The van der Waals surface area contributed by atoms with Crippen LogP contribution in [-0.4, -0.2) is 27.1 Å². The first kappa shape index (κ1) is 19.2. The van der Waals surface area contributed by atoms with Gasteiger partial charge in [0, 0.05) is 5.69 Å². The van der Waals surface area contributed by atoms with E-state index in [-0.39, 0.29) is 12.5 Å². The van der Waals surface area contributed by atoms with Gasteiger partial charge in [0.05, 0.1) is 11.9 Å². The van der Waals surface area contributed by atoms with E-state index in [1.807, 2.05) is 49.4 Å². The molecule has 3 aromatic carbocycles. The predicted octanol–water partition coefficient (Wildman–Crippen LogP) is 3.97. The number of rotatable bonds is 5. The van der Waals surface area contributed by atoms with Crippen molar-refractivity contribution in [2.45, 2.75) is 13.3 Å². The molecule has 1 N–H and O–H groups in total. The quantitative estimate of drug-likeness (QED) is 0.545. The highest BCUT2D eigenvalue weighted by Crippen LogP contribution is 2.37. The zero-order chi connectivity index (χ0) is 20.6. The topological polar surface area (TPSA) is 66.5 Å². The second kappa shape index (κ2) is 7.37. The lowest BCUT2D eigenvalue weighted by molar-refractivity contribution is -0.114. The molecule has 0 saturated heterocycles. The molecule has 0 radical (unpaired) electrons. The van der Waals surface area contributed by atoms with Gasteiger partial charge in [-0.2, -0.15) is 0 Å². The molecule has 0 bridgehead atoms. The molecule has 5 nitrogen and oxygen atoms in total. The SMILES string of the molecule is Cc1ccc(N(CC(=O)Nc2ccc3c(c2)Cc2ccccc2-3)S(C)(=O)=O)cc1. The first-order valence-corrected chi connectivity index (χ1v) is 11.2. The number of hydrogen-bond donors (Lipinski definition) is 1. The first-order valence-electron chi connectivity index (χ1n) is 9.37. The molecule has 0 heterocycles. The number of anilines is 2. The van der Waals surface area contributed by atoms with Crippen molar-refractivity contribution in [2.24, 2.45) is 0 Å². The zero-order valence-corrected chi connectivity index (χ0v) is 17.2. The summed E-state index contributed by atoms with van der Waals surface area (Å²) in [4.78, 5) is 12.6. The molecule has 1 aliphatic rings. The Bertz CT molecular complexity index is 1180. The summed E-state index contributed by atoms with van der Waals surface area (Å²) in [6.45, 7) is 1.65. The number of hydrogen-bond acceptors (Lipinski definition) is 3. The normalized spacial score (nSPS) is 12.2. The van der Waals surface area contributed by atoms with Crippen LogP contribution in [0.1, 0.15) is 16.7 Å². The maximum atomic E-state index is 12.6. The predicted molar refractivity (Wildman–Crippen MR) is 117 cm³/mol. The number of amides is 1. The van der Waals surface area contributed by atoms with Gasteiger partial charge in [-0.15, -0.1) is 0 Å². The minimum Gasteiger partial charge on any atom is -0.325 e. The molecule has 148 valence electrons. The van der Waals surface area contributed by atoms with Crippen LogP contribution in [-0.2, 0) is 21.2 Å². The van der Waals surface area contributed by atoms with E-state index in [2.05, 4.69) is 17.4 Å². The Morgan fingerprint density at radius 2 is 1.66 bits per heavy atom. The highest BCUT2D eigenvalue weighted by Gasteiger charge is 2.22. The van der Waals surface area contributed by atoms with Gasteiger partial charge in [0.25, 0.3) is 0 Å². The number of carbonyl (C=O) groups excluding carboxylic acids is 1. The molecule has 0 aliphatic heterocycles. The lowest BCUT2D eigenvalue weighted by Crippen LogP contribution is -2.37. The van der Waals surface area contributed by atoms with E-state index in [0.717, 1.165) is 28.1 Å². The number of carbonyl (C=O) groups is 1. The fourth-order valence-corrected chi connectivity index (χ4v) is 4.52. The number of aryl methyl sites for hydroxylation is 1. The molecule has 0 aromatic heterocycles. The maximum Gasteiger partial charge on any atom is 0.245 e. The van der Waals surface area contributed by atoms with E-state index in [0.29, 0.717) is 11.4 Å². The van der Waals surface area contributed by atoms with Crippen LogP contribution in [0.5, 0.6) is 0 Å². The van der Waals surface area contributed by atoms with Gasteiger partial charge in [-0.3, -0.25) is 9.10 Å². The van der Waals surface area contributed by atoms with Gasteiger partial charge in [-0.1, -0.05) is 48.0 Å². The van der Waals surface area contributed by atoms with Gasteiger partial charge in [0.15, 0.2) is 0 Å². The van der Waals surface area contributed by atoms with E-state index in [1.165, 1.54) is 16.7 Å². The average Bonchev–Trinajstić information content (AvgIpc) is 3.04. The van der Waals surface area contributed by atoms with Crippen LogP contribution in [0.3, 0.4) is 0 Å². The van der Waals surface area contributed by atoms with Crippen molar-refractivity contribution in [3.8, 4) is 11.1 Å². The van der Waals surface area contributed by atoms with Crippen LogP contribution in [0, 0.1) is 6.92 Å². The van der Waals surface area contributed by atoms with Crippen molar-refractivity contribution < 1.29 is 13.2 Å². The Kier molecular flexibility index (Phi) is 4.88. The van der Waals surface area contributed by atoms with Crippen molar-refractivity contribution in [1.29, 1.82) is 0 Å². The van der Waals surface area contributed by atoms with Crippen LogP contribution < -0.4 is 9.62 Å². The lowest BCUT2D eigenvalue weighted by atomic mass is 10.1. The fraction of sp³-hybridized carbons (Fsp3) is 0.174. The van der Waals surface area contributed by atoms with E-state index in [1.54, 1.807) is 12.1 Å². The summed E-state index contributed by atoms with van der Waals surface area (Å²) in [5.41, 5.74) is 6.98. The van der Waals surface area contributed by atoms with Crippen molar-refractivity contribution in [3.63, 3.8) is 0 Å². The summed E-state index contributed by atoms with van der Waals surface area (Å²) in [5.74, 6) is -0.383. The van der Waals surface area contributed by atoms with Crippen molar-refractivity contribution in [2.75, 3.05) is 22.4 Å². The van der Waals surface area contributed by atoms with Gasteiger partial charge in [-0.25, -0.2) is 8.42 Å². The third-order valence-electron chi connectivity index (χ3n) is 5.09. The average molecular weight is 407 g/mol. The number of sulfonamides is 1. The number of fused-ring (bicyclic) bond motifs is 3. The highest BCUT2D eigenvalue weighted by molar-refractivity contribution is 7.92. The van der Waals surface area contributed by atoms with E-state index < -0.39 is 10.0 Å². The molecular weight excluding hydrogens is 384 g/mol. The van der Waals surface area contributed by atoms with Crippen LogP contribution >= 0.6 is 0 Å². The minimum atomic E-state index is -3.59. The zero-order valence-electron chi connectivity index (χ0n) is 16.3. The molecule has 4 rings (SSSR count). The van der Waals surface area contributed by atoms with E-state index >= 15 is 0 Å². The monoisotopic (exact) mass is 406 g/mol. The molecule has 0 unspecified atom stereocenters. The van der Waals surface area contributed by atoms with Gasteiger partial charge < -0.3 is 5.32 Å². The smallest absolute Gasteiger partial charge is 0.245 e. The van der Waals surface area contributed by atoms with Crippen LogP contribution in [0.25, 0.3) is 11.1 Å². The van der Waals surface area contributed by atoms with Gasteiger partial charge in [0.1, 0.15) is 6.54 Å². The van der Waals surface area contributed by atoms with Gasteiger partial charge in [-0.05, 0) is 59.9 Å². The number of nitrogens with one attached hydrogen (secondary N) is 1. The van der Waals surface area contributed by atoms with Crippen molar-refractivity contribution >= 4 is 27.3 Å². The molecule has 0 atom stereocenters. The Morgan fingerprint density at radius 1 is 0.966 bits per heavy atom. The second-order valence-corrected chi connectivity index (χ2v) is 9.27. The molecule has 0 fully saturated rings. The Hall–Kier alpha value is -3.12. The Balaban J connectivity index is 1.52. The Labute approximate surface area is 171 Å². The minimum absolute atomic E-state index is 0.279. The standard InChI is InChI=1S/C23H22N2O3S/c1-16-7-10-20(11-8-16)25(29(2,27)28)15-23(26)24-19-9-12-22-18(14-19)13-17-5-3-4-6-21(17)22/h3-12,14H,13,15H2,1-2H3,(H,24,26). The first-order chi connectivity index (χ1) is 13.8. The summed E-state index contributed by atoms with van der Waals surface area (Å²) in [5, 5.41) is 2.84. The summed E-state index contributed by atoms with van der Waals surface area (Å²) in [7, 11) is -3.59. The molecule has 0 saturated carbocycles. The van der Waals surface area contributed by atoms with Gasteiger partial charge in [0.2, 0.25) is 15.9 Å². The third kappa shape index (κ3) is 4.03.